The molecule has 1 aromatic heterocycles. The van der Waals surface area contributed by atoms with Crippen LogP contribution in [-0.2, 0) is 0 Å². The number of hydrogen-bond acceptors (Lipinski definition) is 4. The summed E-state index contributed by atoms with van der Waals surface area (Å²) in [5, 5.41) is 10.2. The van der Waals surface area contributed by atoms with E-state index in [0.29, 0.717) is 17.9 Å². The van der Waals surface area contributed by atoms with E-state index < -0.39 is 0 Å². The maximum Gasteiger partial charge on any atom is 0.142 e. The maximum atomic E-state index is 5.76. The molecule has 1 aromatic rings. The topological polar surface area (TPSA) is 70.0 Å². The fourth-order valence-electron chi connectivity index (χ4n) is 2.86. The molecule has 2 fully saturated rings. The molecular weight excluding hydrogens is 190 g/mol. The minimum atomic E-state index is 0.549. The Bertz CT molecular complexity index is 347. The molecule has 3 rings (SSSR count). The number of rotatable bonds is 2. The van der Waals surface area contributed by atoms with Crippen molar-refractivity contribution >= 4 is 11.5 Å². The Kier molecular flexibility index (Phi) is 2.05. The third-order valence-electron chi connectivity index (χ3n) is 3.62. The summed E-state index contributed by atoms with van der Waals surface area (Å²) in [6.45, 7) is 2.49. The largest absolute Gasteiger partial charge is 0.382 e. The quantitative estimate of drug-likeness (QED) is 0.665. The van der Waals surface area contributed by atoms with Crippen molar-refractivity contribution < 1.29 is 0 Å². The lowest BCUT2D eigenvalue weighted by molar-refractivity contribution is 0.318. The van der Waals surface area contributed by atoms with Gasteiger partial charge in [-0.2, -0.15) is 5.10 Å². The van der Waals surface area contributed by atoms with E-state index in [9.17, 15) is 0 Å². The molecule has 0 radical (unpaired) electrons. The van der Waals surface area contributed by atoms with Gasteiger partial charge in [-0.1, -0.05) is 0 Å². The van der Waals surface area contributed by atoms with Gasteiger partial charge in [-0.3, -0.25) is 10.00 Å². The van der Waals surface area contributed by atoms with Crippen LogP contribution in [0.5, 0.6) is 0 Å². The molecule has 0 aliphatic carbocycles. The Labute approximate surface area is 89.0 Å². The highest BCUT2D eigenvalue weighted by molar-refractivity contribution is 5.60. The number of nitrogens with one attached hydrogen (secondary N) is 2. The van der Waals surface area contributed by atoms with Gasteiger partial charge in [0.15, 0.2) is 0 Å². The van der Waals surface area contributed by atoms with Gasteiger partial charge in [-0.05, 0) is 25.8 Å². The van der Waals surface area contributed by atoms with Gasteiger partial charge in [0.1, 0.15) is 5.82 Å². The number of nitrogens with zero attached hydrogens (tertiary/aromatic N) is 2. The molecular formula is C10H17N5. The number of nitrogen functional groups attached to an aromatic ring is 1. The summed E-state index contributed by atoms with van der Waals surface area (Å²) in [5.74, 6) is 0.645. The number of nitrogens with two attached hydrogens (primary N) is 1. The highest BCUT2D eigenvalue weighted by Gasteiger charge is 2.37. The molecule has 2 aliphatic rings. The van der Waals surface area contributed by atoms with Crippen LogP contribution in [-0.4, -0.2) is 40.3 Å². The second kappa shape index (κ2) is 3.41. The molecule has 15 heavy (non-hydrogen) atoms. The van der Waals surface area contributed by atoms with Gasteiger partial charge < -0.3 is 11.1 Å². The number of aromatic nitrogens is 2. The highest BCUT2D eigenvalue weighted by atomic mass is 15.3. The molecule has 5 heteroatoms. The molecule has 2 unspecified atom stereocenters. The second-order valence-corrected chi connectivity index (χ2v) is 4.48. The minimum Gasteiger partial charge on any atom is -0.382 e. The first-order valence-corrected chi connectivity index (χ1v) is 5.64. The molecule has 82 valence electrons. The van der Waals surface area contributed by atoms with Crippen molar-refractivity contribution in [2.24, 2.45) is 0 Å². The van der Waals surface area contributed by atoms with E-state index in [4.69, 9.17) is 5.73 Å². The van der Waals surface area contributed by atoms with Crippen LogP contribution < -0.4 is 11.1 Å². The Morgan fingerprint density at radius 2 is 2.40 bits per heavy atom. The zero-order chi connectivity index (χ0) is 10.3. The molecule has 0 amide bonds. The first-order valence-electron chi connectivity index (χ1n) is 5.64. The molecule has 2 saturated heterocycles. The van der Waals surface area contributed by atoms with Crippen LogP contribution in [0.4, 0.5) is 11.5 Å². The fourth-order valence-corrected chi connectivity index (χ4v) is 2.86. The SMILES string of the molecule is Nc1[nH]ncc1NC1CCN2CCCC12. The van der Waals surface area contributed by atoms with Crippen LogP contribution in [0.15, 0.2) is 6.20 Å². The summed E-state index contributed by atoms with van der Waals surface area (Å²) in [4.78, 5) is 2.58. The predicted octanol–water partition coefficient (Wildman–Crippen LogP) is 0.640. The van der Waals surface area contributed by atoms with Gasteiger partial charge in [0.05, 0.1) is 11.9 Å². The van der Waals surface area contributed by atoms with E-state index in [0.717, 1.165) is 5.69 Å². The van der Waals surface area contributed by atoms with Crippen LogP contribution in [0, 0.1) is 0 Å². The van der Waals surface area contributed by atoms with Gasteiger partial charge in [-0.15, -0.1) is 0 Å². The maximum absolute atomic E-state index is 5.76. The van der Waals surface area contributed by atoms with E-state index in [1.807, 2.05) is 0 Å². The van der Waals surface area contributed by atoms with E-state index in [2.05, 4.69) is 20.4 Å². The summed E-state index contributed by atoms with van der Waals surface area (Å²) in [7, 11) is 0. The van der Waals surface area contributed by atoms with Crippen LogP contribution in [0.2, 0.25) is 0 Å². The minimum absolute atomic E-state index is 0.549. The fraction of sp³-hybridized carbons (Fsp3) is 0.700. The normalized spacial score (nSPS) is 30.7. The van der Waals surface area contributed by atoms with Gasteiger partial charge in [0, 0.05) is 18.6 Å². The van der Waals surface area contributed by atoms with Crippen LogP contribution in [0.1, 0.15) is 19.3 Å². The number of H-pyrrole nitrogens is 1. The van der Waals surface area contributed by atoms with Gasteiger partial charge in [0.25, 0.3) is 0 Å². The molecule has 5 nitrogen and oxygen atoms in total. The molecule has 4 N–H and O–H groups in total. The van der Waals surface area contributed by atoms with Crippen molar-refractivity contribution in [2.75, 3.05) is 24.1 Å². The average Bonchev–Trinajstić information content (AvgIpc) is 2.86. The molecule has 3 heterocycles. The molecule has 0 saturated carbocycles. The third kappa shape index (κ3) is 1.47. The molecule has 0 aromatic carbocycles. The Balaban J connectivity index is 1.71. The first-order chi connectivity index (χ1) is 7.34. The van der Waals surface area contributed by atoms with Crippen molar-refractivity contribution in [3.63, 3.8) is 0 Å². The number of hydrogen-bond donors (Lipinski definition) is 3. The van der Waals surface area contributed by atoms with Gasteiger partial charge in [0.2, 0.25) is 0 Å². The van der Waals surface area contributed by atoms with E-state index in [-0.39, 0.29) is 0 Å². The summed E-state index contributed by atoms with van der Waals surface area (Å²) < 4.78 is 0. The van der Waals surface area contributed by atoms with Crippen molar-refractivity contribution in [1.29, 1.82) is 0 Å². The van der Waals surface area contributed by atoms with Crippen LogP contribution in [0.3, 0.4) is 0 Å². The number of fused-ring (bicyclic) bond motifs is 1. The highest BCUT2D eigenvalue weighted by Crippen LogP contribution is 2.30. The zero-order valence-electron chi connectivity index (χ0n) is 8.74. The van der Waals surface area contributed by atoms with Crippen LogP contribution in [0.25, 0.3) is 0 Å². The van der Waals surface area contributed by atoms with Crippen molar-refractivity contribution in [1.82, 2.24) is 15.1 Å². The summed E-state index contributed by atoms with van der Waals surface area (Å²) in [5.41, 5.74) is 6.71. The Morgan fingerprint density at radius 3 is 3.20 bits per heavy atom. The summed E-state index contributed by atoms with van der Waals surface area (Å²) in [6.07, 6.45) is 5.64. The summed E-state index contributed by atoms with van der Waals surface area (Å²) >= 11 is 0. The monoisotopic (exact) mass is 207 g/mol. The van der Waals surface area contributed by atoms with Crippen molar-refractivity contribution in [3.8, 4) is 0 Å². The van der Waals surface area contributed by atoms with Crippen molar-refractivity contribution in [3.05, 3.63) is 6.20 Å². The molecule has 0 bridgehead atoms. The van der Waals surface area contributed by atoms with Crippen LogP contribution >= 0.6 is 0 Å². The third-order valence-corrected chi connectivity index (χ3v) is 3.62. The molecule has 2 aliphatic heterocycles. The standard InChI is InChI=1S/C10H17N5/c11-10-8(6-12-14-10)13-7-3-5-15-4-1-2-9(7)15/h6-7,9,13H,1-5H2,(H3,11,12,14). The Morgan fingerprint density at radius 1 is 1.47 bits per heavy atom. The lowest BCUT2D eigenvalue weighted by Gasteiger charge is -2.21. The van der Waals surface area contributed by atoms with Gasteiger partial charge in [-0.25, -0.2) is 0 Å². The Hall–Kier alpha value is -1.23. The average molecular weight is 207 g/mol. The van der Waals surface area contributed by atoms with Crippen molar-refractivity contribution in [2.45, 2.75) is 31.3 Å². The molecule has 2 atom stereocenters. The van der Waals surface area contributed by atoms with E-state index >= 15 is 0 Å². The smallest absolute Gasteiger partial charge is 0.142 e. The molecule has 0 spiro atoms. The second-order valence-electron chi connectivity index (χ2n) is 4.48. The lowest BCUT2D eigenvalue weighted by Crippen LogP contribution is -2.33. The van der Waals surface area contributed by atoms with E-state index in [1.165, 1.54) is 32.4 Å². The number of anilines is 2. The first kappa shape index (κ1) is 9.03. The number of aromatic amines is 1. The predicted molar refractivity (Wildman–Crippen MR) is 59.6 cm³/mol. The zero-order valence-corrected chi connectivity index (χ0v) is 8.74. The lowest BCUT2D eigenvalue weighted by atomic mass is 10.1. The van der Waals surface area contributed by atoms with E-state index in [1.54, 1.807) is 6.20 Å². The summed E-state index contributed by atoms with van der Waals surface area (Å²) in [6, 6.07) is 1.26. The van der Waals surface area contributed by atoms with Gasteiger partial charge >= 0.3 is 0 Å².